The van der Waals surface area contributed by atoms with E-state index in [-0.39, 0.29) is 0 Å². The average molecular weight is 340 g/mol. The second-order valence-electron chi connectivity index (χ2n) is 6.41. The molecule has 6 nitrogen and oxygen atoms in total. The van der Waals surface area contributed by atoms with Crippen LogP contribution in [-0.2, 0) is 12.8 Å². The van der Waals surface area contributed by atoms with Crippen molar-refractivity contribution >= 4 is 23.1 Å². The van der Waals surface area contributed by atoms with Gasteiger partial charge in [0.15, 0.2) is 0 Å². The van der Waals surface area contributed by atoms with Gasteiger partial charge in [0.25, 0.3) is 0 Å². The first kappa shape index (κ1) is 17.5. The molecule has 0 atom stereocenters. The van der Waals surface area contributed by atoms with E-state index in [4.69, 9.17) is 10.7 Å². The Kier molecular flexibility index (Phi) is 5.38. The molecule has 0 saturated carbocycles. The third-order valence-electron chi connectivity index (χ3n) is 4.89. The Bertz CT molecular complexity index is 737. The summed E-state index contributed by atoms with van der Waals surface area (Å²) in [6.07, 6.45) is 3.67. The molecule has 1 aliphatic heterocycles. The van der Waals surface area contributed by atoms with Crippen molar-refractivity contribution in [3.63, 3.8) is 0 Å². The predicted molar refractivity (Wildman–Crippen MR) is 105 cm³/mol. The van der Waals surface area contributed by atoms with Crippen LogP contribution in [0.25, 0.3) is 0 Å². The van der Waals surface area contributed by atoms with E-state index in [9.17, 15) is 0 Å². The van der Waals surface area contributed by atoms with Crippen molar-refractivity contribution in [3.8, 4) is 0 Å². The minimum atomic E-state index is 0.783. The van der Waals surface area contributed by atoms with Gasteiger partial charge in [0.05, 0.1) is 0 Å². The standard InChI is InChI=1S/C19H28N6/c1-4-14-12-16(13(3)15(5-2)18(14)20)23-17-6-7-22-19(24-17)25-10-8-21-9-11-25/h6-7,12,21H,4-5,8-11,20H2,1-3H3,(H,22,23,24). The molecule has 3 rings (SSSR count). The third-order valence-corrected chi connectivity index (χ3v) is 4.89. The second kappa shape index (κ2) is 7.70. The molecule has 0 bridgehead atoms. The van der Waals surface area contributed by atoms with Crippen molar-refractivity contribution in [1.82, 2.24) is 15.3 Å². The molecule has 0 unspecified atom stereocenters. The number of rotatable bonds is 5. The number of hydrogen-bond acceptors (Lipinski definition) is 6. The Hall–Kier alpha value is -2.34. The Balaban J connectivity index is 1.89. The van der Waals surface area contributed by atoms with Crippen LogP contribution in [-0.4, -0.2) is 36.1 Å². The maximum atomic E-state index is 6.32. The number of nitrogens with one attached hydrogen (secondary N) is 2. The average Bonchev–Trinajstić information content (AvgIpc) is 2.65. The molecule has 1 saturated heterocycles. The van der Waals surface area contributed by atoms with Gasteiger partial charge in [-0.15, -0.1) is 0 Å². The van der Waals surface area contributed by atoms with Crippen LogP contribution in [0.4, 0.5) is 23.1 Å². The smallest absolute Gasteiger partial charge is 0.227 e. The van der Waals surface area contributed by atoms with Gasteiger partial charge in [0.2, 0.25) is 5.95 Å². The molecule has 1 aromatic heterocycles. The monoisotopic (exact) mass is 340 g/mol. The third kappa shape index (κ3) is 3.69. The van der Waals surface area contributed by atoms with Gasteiger partial charge in [-0.3, -0.25) is 0 Å². The van der Waals surface area contributed by atoms with Crippen LogP contribution in [0, 0.1) is 6.92 Å². The number of benzene rings is 1. The highest BCUT2D eigenvalue weighted by Crippen LogP contribution is 2.31. The zero-order chi connectivity index (χ0) is 17.8. The molecule has 0 aliphatic carbocycles. The van der Waals surface area contributed by atoms with Crippen LogP contribution in [0.5, 0.6) is 0 Å². The topological polar surface area (TPSA) is 79.1 Å². The van der Waals surface area contributed by atoms with Crippen molar-refractivity contribution in [2.45, 2.75) is 33.6 Å². The fourth-order valence-electron chi connectivity index (χ4n) is 3.37. The van der Waals surface area contributed by atoms with Crippen molar-refractivity contribution in [2.75, 3.05) is 42.1 Å². The molecular weight excluding hydrogens is 312 g/mol. The van der Waals surface area contributed by atoms with Gasteiger partial charge >= 0.3 is 0 Å². The molecule has 0 amide bonds. The van der Waals surface area contributed by atoms with Crippen molar-refractivity contribution in [1.29, 1.82) is 0 Å². The van der Waals surface area contributed by atoms with Crippen LogP contribution >= 0.6 is 0 Å². The van der Waals surface area contributed by atoms with Crippen LogP contribution < -0.4 is 21.3 Å². The molecule has 0 spiro atoms. The van der Waals surface area contributed by atoms with E-state index in [1.807, 2.05) is 12.3 Å². The zero-order valence-electron chi connectivity index (χ0n) is 15.4. The second-order valence-corrected chi connectivity index (χ2v) is 6.41. The van der Waals surface area contributed by atoms with Crippen LogP contribution in [0.3, 0.4) is 0 Å². The highest BCUT2D eigenvalue weighted by molar-refractivity contribution is 5.71. The minimum absolute atomic E-state index is 0.783. The largest absolute Gasteiger partial charge is 0.398 e. The van der Waals surface area contributed by atoms with Crippen LogP contribution in [0.2, 0.25) is 0 Å². The number of nitrogens with zero attached hydrogens (tertiary/aromatic N) is 3. The van der Waals surface area contributed by atoms with E-state index in [2.05, 4.69) is 47.4 Å². The van der Waals surface area contributed by atoms with E-state index in [0.717, 1.165) is 62.2 Å². The number of nitrogen functional groups attached to an aromatic ring is 1. The first-order valence-electron chi connectivity index (χ1n) is 9.10. The molecule has 134 valence electrons. The van der Waals surface area contributed by atoms with E-state index in [1.54, 1.807) is 0 Å². The molecule has 1 aliphatic rings. The van der Waals surface area contributed by atoms with Crippen molar-refractivity contribution < 1.29 is 0 Å². The molecular formula is C19H28N6. The van der Waals surface area contributed by atoms with Gasteiger partial charge < -0.3 is 21.3 Å². The summed E-state index contributed by atoms with van der Waals surface area (Å²) in [5, 5.41) is 6.83. The fourth-order valence-corrected chi connectivity index (χ4v) is 3.37. The Morgan fingerprint density at radius 2 is 2.00 bits per heavy atom. The van der Waals surface area contributed by atoms with Gasteiger partial charge in [-0.05, 0) is 48.6 Å². The summed E-state index contributed by atoms with van der Waals surface area (Å²) in [4.78, 5) is 11.4. The van der Waals surface area contributed by atoms with E-state index < -0.39 is 0 Å². The molecule has 1 aromatic carbocycles. The lowest BCUT2D eigenvalue weighted by molar-refractivity contribution is 0.580. The Labute approximate surface area is 149 Å². The summed E-state index contributed by atoms with van der Waals surface area (Å²) in [5.41, 5.74) is 11.9. The summed E-state index contributed by atoms with van der Waals surface area (Å²) >= 11 is 0. The summed E-state index contributed by atoms with van der Waals surface area (Å²) in [6.45, 7) is 10.2. The van der Waals surface area contributed by atoms with Gasteiger partial charge in [-0.1, -0.05) is 13.8 Å². The van der Waals surface area contributed by atoms with Crippen LogP contribution in [0.15, 0.2) is 18.3 Å². The predicted octanol–water partition coefficient (Wildman–Crippen LogP) is 2.65. The first-order chi connectivity index (χ1) is 12.1. The highest BCUT2D eigenvalue weighted by Gasteiger charge is 2.15. The van der Waals surface area contributed by atoms with Crippen molar-refractivity contribution in [2.24, 2.45) is 0 Å². The summed E-state index contributed by atoms with van der Waals surface area (Å²) in [7, 11) is 0. The maximum absolute atomic E-state index is 6.32. The first-order valence-corrected chi connectivity index (χ1v) is 9.10. The van der Waals surface area contributed by atoms with E-state index >= 15 is 0 Å². The molecule has 4 N–H and O–H groups in total. The Morgan fingerprint density at radius 1 is 1.24 bits per heavy atom. The zero-order valence-corrected chi connectivity index (χ0v) is 15.4. The molecule has 25 heavy (non-hydrogen) atoms. The fraction of sp³-hybridized carbons (Fsp3) is 0.474. The number of aromatic nitrogens is 2. The van der Waals surface area contributed by atoms with E-state index in [1.165, 1.54) is 16.7 Å². The molecule has 6 heteroatoms. The Morgan fingerprint density at radius 3 is 2.68 bits per heavy atom. The molecule has 2 heterocycles. The van der Waals surface area contributed by atoms with Gasteiger partial charge in [0.1, 0.15) is 5.82 Å². The maximum Gasteiger partial charge on any atom is 0.227 e. The summed E-state index contributed by atoms with van der Waals surface area (Å²) in [5.74, 6) is 1.60. The quantitative estimate of drug-likeness (QED) is 0.726. The van der Waals surface area contributed by atoms with Crippen LogP contribution in [0.1, 0.15) is 30.5 Å². The number of aryl methyl sites for hydroxylation is 1. The molecule has 2 aromatic rings. The minimum Gasteiger partial charge on any atom is -0.398 e. The highest BCUT2D eigenvalue weighted by atomic mass is 15.3. The lowest BCUT2D eigenvalue weighted by atomic mass is 9.96. The van der Waals surface area contributed by atoms with Gasteiger partial charge in [-0.25, -0.2) is 4.98 Å². The van der Waals surface area contributed by atoms with Gasteiger partial charge in [0, 0.05) is 43.8 Å². The van der Waals surface area contributed by atoms with E-state index in [0.29, 0.717) is 0 Å². The summed E-state index contributed by atoms with van der Waals surface area (Å²) < 4.78 is 0. The number of anilines is 4. The number of hydrogen-bond donors (Lipinski definition) is 3. The number of nitrogens with two attached hydrogens (primary N) is 1. The van der Waals surface area contributed by atoms with Gasteiger partial charge in [-0.2, -0.15) is 4.98 Å². The lowest BCUT2D eigenvalue weighted by Crippen LogP contribution is -2.44. The lowest BCUT2D eigenvalue weighted by Gasteiger charge is -2.27. The number of piperazine rings is 1. The SMILES string of the molecule is CCc1cc(Nc2ccnc(N3CCNCC3)n2)c(C)c(CC)c1N. The molecule has 0 radical (unpaired) electrons. The summed E-state index contributed by atoms with van der Waals surface area (Å²) in [6, 6.07) is 4.06. The molecule has 1 fully saturated rings. The van der Waals surface area contributed by atoms with Crippen molar-refractivity contribution in [3.05, 3.63) is 35.0 Å². The normalized spacial score (nSPS) is 14.6.